The van der Waals surface area contributed by atoms with Crippen LogP contribution in [0.4, 0.5) is 5.69 Å². The first kappa shape index (κ1) is 18.0. The van der Waals surface area contributed by atoms with E-state index in [0.717, 1.165) is 4.90 Å². The molecular weight excluding hydrogens is 354 g/mol. The minimum atomic E-state index is -0.537. The number of carbonyl (C=O) groups is 2. The maximum absolute atomic E-state index is 12.8. The van der Waals surface area contributed by atoms with E-state index < -0.39 is 11.8 Å². The molecule has 2 aromatic carbocycles. The fraction of sp³-hybridized carbons (Fsp3) is 0.200. The summed E-state index contributed by atoms with van der Waals surface area (Å²) in [5, 5.41) is -0.0898. The maximum Gasteiger partial charge on any atom is 0.277 e. The smallest absolute Gasteiger partial charge is 0.277 e. The van der Waals surface area contributed by atoms with Gasteiger partial charge in [-0.2, -0.15) is 0 Å². The molecule has 0 radical (unpaired) electrons. The Hall–Kier alpha value is -2.79. The summed E-state index contributed by atoms with van der Waals surface area (Å²) >= 11 is 6.20. The van der Waals surface area contributed by atoms with Crippen molar-refractivity contribution in [1.29, 1.82) is 0 Å². The maximum atomic E-state index is 12.8. The summed E-state index contributed by atoms with van der Waals surface area (Å²) in [6, 6.07) is 13.7. The Morgan fingerprint density at radius 2 is 1.31 bits per heavy atom. The van der Waals surface area contributed by atoms with E-state index in [1.807, 2.05) is 13.8 Å². The molecule has 0 saturated heterocycles. The first-order valence-electron chi connectivity index (χ1n) is 8.31. The molecule has 0 bridgehead atoms. The lowest BCUT2D eigenvalue weighted by molar-refractivity contribution is -0.119. The Morgan fingerprint density at radius 3 is 1.81 bits per heavy atom. The van der Waals surface area contributed by atoms with E-state index in [4.69, 9.17) is 21.1 Å². The number of hydrogen-bond donors (Lipinski definition) is 0. The van der Waals surface area contributed by atoms with Crippen molar-refractivity contribution in [2.75, 3.05) is 18.1 Å². The number of benzene rings is 2. The van der Waals surface area contributed by atoms with E-state index in [0.29, 0.717) is 36.0 Å². The van der Waals surface area contributed by atoms with E-state index in [-0.39, 0.29) is 10.6 Å². The first-order valence-corrected chi connectivity index (χ1v) is 8.69. The van der Waals surface area contributed by atoms with E-state index >= 15 is 0 Å². The fourth-order valence-corrected chi connectivity index (χ4v) is 3.00. The average molecular weight is 372 g/mol. The third-order valence-electron chi connectivity index (χ3n) is 3.89. The molecule has 6 heteroatoms. The molecule has 3 rings (SSSR count). The molecule has 0 spiro atoms. The van der Waals surface area contributed by atoms with Crippen molar-refractivity contribution >= 4 is 34.7 Å². The second-order valence-corrected chi connectivity index (χ2v) is 5.90. The number of amides is 2. The number of nitrogens with zero attached hydrogens (tertiary/aromatic N) is 1. The summed E-state index contributed by atoms with van der Waals surface area (Å²) in [6.07, 6.45) is 0. The number of rotatable bonds is 6. The minimum absolute atomic E-state index is 0.0898. The van der Waals surface area contributed by atoms with Gasteiger partial charge in [0.25, 0.3) is 11.8 Å². The Kier molecular flexibility index (Phi) is 5.28. The molecule has 0 aliphatic carbocycles. The van der Waals surface area contributed by atoms with Gasteiger partial charge in [0.15, 0.2) is 0 Å². The summed E-state index contributed by atoms with van der Waals surface area (Å²) < 4.78 is 10.8. The Morgan fingerprint density at radius 1 is 0.808 bits per heavy atom. The molecule has 1 aliphatic heterocycles. The molecule has 2 aromatic rings. The van der Waals surface area contributed by atoms with Gasteiger partial charge in [-0.1, -0.05) is 23.7 Å². The van der Waals surface area contributed by atoms with Crippen LogP contribution in [0.3, 0.4) is 0 Å². The molecule has 0 aromatic heterocycles. The lowest BCUT2D eigenvalue weighted by Crippen LogP contribution is -2.31. The zero-order valence-electron chi connectivity index (χ0n) is 14.5. The van der Waals surface area contributed by atoms with E-state index in [1.165, 1.54) is 0 Å². The highest BCUT2D eigenvalue weighted by Gasteiger charge is 2.39. The van der Waals surface area contributed by atoms with Crippen molar-refractivity contribution in [2.45, 2.75) is 13.8 Å². The molecule has 2 amide bonds. The predicted octanol–water partition coefficient (Wildman–Crippen LogP) is 4.01. The largest absolute Gasteiger partial charge is 0.494 e. The Bertz CT molecular complexity index is 856. The predicted molar refractivity (Wildman–Crippen MR) is 100 cm³/mol. The van der Waals surface area contributed by atoms with Crippen LogP contribution in [0.1, 0.15) is 19.4 Å². The number of hydrogen-bond acceptors (Lipinski definition) is 4. The highest BCUT2D eigenvalue weighted by atomic mass is 35.5. The SMILES string of the molecule is CCOc1ccc(C2=C(Cl)C(=O)N(c3ccc(OCC)cc3)C2=O)cc1. The molecule has 134 valence electrons. The molecule has 0 unspecified atom stereocenters. The number of imide groups is 1. The summed E-state index contributed by atoms with van der Waals surface area (Å²) in [7, 11) is 0. The van der Waals surface area contributed by atoms with Gasteiger partial charge in [-0.05, 0) is 55.8 Å². The summed E-state index contributed by atoms with van der Waals surface area (Å²) in [4.78, 5) is 26.5. The fourth-order valence-electron chi connectivity index (χ4n) is 2.73. The molecule has 26 heavy (non-hydrogen) atoms. The lowest BCUT2D eigenvalue weighted by atomic mass is 10.1. The first-order chi connectivity index (χ1) is 12.6. The number of anilines is 1. The summed E-state index contributed by atoms with van der Waals surface area (Å²) in [6.45, 7) is 4.86. The van der Waals surface area contributed by atoms with Gasteiger partial charge in [0, 0.05) is 0 Å². The van der Waals surface area contributed by atoms with Crippen molar-refractivity contribution in [3.05, 3.63) is 59.1 Å². The average Bonchev–Trinajstić information content (AvgIpc) is 2.87. The van der Waals surface area contributed by atoms with Gasteiger partial charge in [0.2, 0.25) is 0 Å². The van der Waals surface area contributed by atoms with Crippen LogP contribution in [-0.2, 0) is 9.59 Å². The van der Waals surface area contributed by atoms with Crippen LogP contribution in [0.2, 0.25) is 0 Å². The molecular formula is C20H18ClNO4. The molecule has 1 heterocycles. The van der Waals surface area contributed by atoms with Crippen molar-refractivity contribution in [2.24, 2.45) is 0 Å². The van der Waals surface area contributed by atoms with Crippen molar-refractivity contribution in [3.63, 3.8) is 0 Å². The number of carbonyl (C=O) groups excluding carboxylic acids is 2. The van der Waals surface area contributed by atoms with Crippen LogP contribution in [0.25, 0.3) is 5.57 Å². The zero-order chi connectivity index (χ0) is 18.7. The number of halogens is 1. The number of ether oxygens (including phenoxy) is 2. The van der Waals surface area contributed by atoms with Gasteiger partial charge in [-0.3, -0.25) is 9.59 Å². The lowest BCUT2D eigenvalue weighted by Gasteiger charge is -2.15. The van der Waals surface area contributed by atoms with Crippen LogP contribution in [-0.4, -0.2) is 25.0 Å². The van der Waals surface area contributed by atoms with Crippen LogP contribution < -0.4 is 14.4 Å². The molecule has 1 aliphatic rings. The van der Waals surface area contributed by atoms with E-state index in [2.05, 4.69) is 0 Å². The topological polar surface area (TPSA) is 55.8 Å². The second-order valence-electron chi connectivity index (χ2n) is 5.52. The minimum Gasteiger partial charge on any atom is -0.494 e. The molecule has 0 N–H and O–H groups in total. The van der Waals surface area contributed by atoms with Crippen LogP contribution in [0.15, 0.2) is 53.6 Å². The van der Waals surface area contributed by atoms with Crippen LogP contribution in [0.5, 0.6) is 11.5 Å². The Labute approximate surface area is 156 Å². The normalized spacial score (nSPS) is 14.2. The second kappa shape index (κ2) is 7.62. The third kappa shape index (κ3) is 3.30. The third-order valence-corrected chi connectivity index (χ3v) is 4.24. The van der Waals surface area contributed by atoms with Gasteiger partial charge in [-0.25, -0.2) is 4.90 Å². The van der Waals surface area contributed by atoms with Gasteiger partial charge in [0.1, 0.15) is 16.5 Å². The van der Waals surface area contributed by atoms with E-state index in [1.54, 1.807) is 48.5 Å². The monoisotopic (exact) mass is 371 g/mol. The van der Waals surface area contributed by atoms with Gasteiger partial charge >= 0.3 is 0 Å². The quantitative estimate of drug-likeness (QED) is 0.720. The van der Waals surface area contributed by atoms with Crippen molar-refractivity contribution in [1.82, 2.24) is 0 Å². The highest BCUT2D eigenvalue weighted by molar-refractivity contribution is 6.60. The van der Waals surface area contributed by atoms with Crippen molar-refractivity contribution < 1.29 is 19.1 Å². The van der Waals surface area contributed by atoms with E-state index in [9.17, 15) is 9.59 Å². The summed E-state index contributed by atoms with van der Waals surface area (Å²) in [5.41, 5.74) is 1.21. The standard InChI is InChI=1S/C20H18ClNO4/c1-3-25-15-9-5-13(6-10-15)17-18(21)20(24)22(19(17)23)14-7-11-16(12-8-14)26-4-2/h5-12H,3-4H2,1-2H3. The molecule has 0 atom stereocenters. The van der Waals surface area contributed by atoms with Crippen molar-refractivity contribution in [3.8, 4) is 11.5 Å². The summed E-state index contributed by atoms with van der Waals surface area (Å²) in [5.74, 6) is 0.368. The molecule has 0 saturated carbocycles. The molecule has 0 fully saturated rings. The van der Waals surface area contributed by atoms with Gasteiger partial charge in [0.05, 0.1) is 24.5 Å². The van der Waals surface area contributed by atoms with Gasteiger partial charge in [-0.15, -0.1) is 0 Å². The van der Waals surface area contributed by atoms with Crippen LogP contribution in [0, 0.1) is 0 Å². The highest BCUT2D eigenvalue weighted by Crippen LogP contribution is 2.35. The molecule has 5 nitrogen and oxygen atoms in total. The van der Waals surface area contributed by atoms with Gasteiger partial charge < -0.3 is 9.47 Å². The Balaban J connectivity index is 1.89. The van der Waals surface area contributed by atoms with Crippen LogP contribution >= 0.6 is 11.6 Å². The zero-order valence-corrected chi connectivity index (χ0v) is 15.2.